The number of esters is 1. The zero-order valence-corrected chi connectivity index (χ0v) is 19.0. The fraction of sp³-hybridized carbons (Fsp3) is 0.409. The molecule has 1 amide bonds. The van der Waals surface area contributed by atoms with Crippen LogP contribution in [0.2, 0.25) is 25.7 Å². The number of anilines is 2. The number of nitrogens with one attached hydrogen (secondary N) is 2. The van der Waals surface area contributed by atoms with E-state index in [9.17, 15) is 14.0 Å². The largest absolute Gasteiger partial charge is 0.464 e. The summed E-state index contributed by atoms with van der Waals surface area (Å²) in [6.45, 7) is 11.1. The molecule has 2 aromatic rings. The number of benzene rings is 1. The zero-order chi connectivity index (χ0) is 22.1. The summed E-state index contributed by atoms with van der Waals surface area (Å²) in [5.74, 6) is -1.52. The number of nitrogens with zero attached hydrogens (tertiary/aromatic N) is 1. The summed E-state index contributed by atoms with van der Waals surface area (Å²) >= 11 is 0. The van der Waals surface area contributed by atoms with Crippen LogP contribution in [0.25, 0.3) is 0 Å². The van der Waals surface area contributed by atoms with Gasteiger partial charge in [0.15, 0.2) is 5.82 Å². The molecule has 1 aliphatic heterocycles. The molecule has 0 saturated carbocycles. The van der Waals surface area contributed by atoms with Crippen LogP contribution in [0, 0.1) is 5.82 Å². The average Bonchev–Trinajstić information content (AvgIpc) is 2.91. The van der Waals surface area contributed by atoms with Crippen LogP contribution in [-0.4, -0.2) is 37.6 Å². The number of amides is 1. The van der Waals surface area contributed by atoms with Crippen molar-refractivity contribution in [1.29, 1.82) is 0 Å². The van der Waals surface area contributed by atoms with E-state index < -0.39 is 31.3 Å². The smallest absolute Gasteiger partial charge is 0.329 e. The van der Waals surface area contributed by atoms with Crippen molar-refractivity contribution < 1.29 is 18.7 Å². The van der Waals surface area contributed by atoms with Crippen molar-refractivity contribution in [3.63, 3.8) is 0 Å². The number of aromatic nitrogens is 1. The molecule has 2 heterocycles. The molecule has 0 aliphatic carbocycles. The summed E-state index contributed by atoms with van der Waals surface area (Å²) in [6, 6.07) is 7.10. The normalized spacial score (nSPS) is 17.1. The second-order valence-electron chi connectivity index (χ2n) is 9.35. The fourth-order valence-electron chi connectivity index (χ4n) is 3.45. The van der Waals surface area contributed by atoms with Gasteiger partial charge in [0, 0.05) is 31.1 Å². The van der Waals surface area contributed by atoms with Crippen molar-refractivity contribution in [3.05, 3.63) is 53.6 Å². The molecule has 160 valence electrons. The Labute approximate surface area is 177 Å². The standard InChI is InChI=1S/C22H28FN3O3Si/c1-22(2)16-7-6-14(25-20(27)15-8-9-24-13-17(15)23)12-18(16)26-19(22)21(28)29-10-11-30(3,4)5/h6-9,12-13,19,26H,10-11H2,1-5H3,(H,25,27). The van der Waals surface area contributed by atoms with Crippen molar-refractivity contribution >= 4 is 31.3 Å². The fourth-order valence-corrected chi connectivity index (χ4v) is 4.16. The van der Waals surface area contributed by atoms with Crippen LogP contribution in [0.15, 0.2) is 36.7 Å². The van der Waals surface area contributed by atoms with Crippen LogP contribution in [0.3, 0.4) is 0 Å². The molecular formula is C22H28FN3O3Si. The number of carbonyl (C=O) groups is 2. The van der Waals surface area contributed by atoms with Crippen molar-refractivity contribution in [3.8, 4) is 0 Å². The summed E-state index contributed by atoms with van der Waals surface area (Å²) in [6.07, 6.45) is 2.36. The Morgan fingerprint density at radius 2 is 2.00 bits per heavy atom. The second kappa shape index (κ2) is 8.18. The lowest BCUT2D eigenvalue weighted by Gasteiger charge is -2.26. The number of pyridine rings is 1. The van der Waals surface area contributed by atoms with Crippen LogP contribution < -0.4 is 10.6 Å². The summed E-state index contributed by atoms with van der Waals surface area (Å²) in [4.78, 5) is 28.7. The molecular weight excluding hydrogens is 401 g/mol. The molecule has 0 spiro atoms. The first kappa shape index (κ1) is 22.0. The molecule has 2 N–H and O–H groups in total. The number of hydrogen-bond donors (Lipinski definition) is 2. The maximum absolute atomic E-state index is 13.8. The summed E-state index contributed by atoms with van der Waals surface area (Å²) in [5.41, 5.74) is 1.67. The molecule has 6 nitrogen and oxygen atoms in total. The molecule has 1 atom stereocenters. The molecule has 30 heavy (non-hydrogen) atoms. The van der Waals surface area contributed by atoms with Gasteiger partial charge in [-0.3, -0.25) is 9.78 Å². The maximum atomic E-state index is 13.8. The Kier molecular flexibility index (Phi) is 5.98. The first-order valence-corrected chi connectivity index (χ1v) is 13.7. The third kappa shape index (κ3) is 4.70. The van der Waals surface area contributed by atoms with E-state index in [4.69, 9.17) is 4.74 Å². The number of carbonyl (C=O) groups excluding carboxylic acids is 2. The predicted molar refractivity (Wildman–Crippen MR) is 118 cm³/mol. The summed E-state index contributed by atoms with van der Waals surface area (Å²) < 4.78 is 19.3. The minimum absolute atomic E-state index is 0.0809. The first-order valence-electron chi connectivity index (χ1n) is 9.97. The quantitative estimate of drug-likeness (QED) is 0.525. The highest BCUT2D eigenvalue weighted by molar-refractivity contribution is 6.76. The van der Waals surface area contributed by atoms with Crippen LogP contribution in [0.5, 0.6) is 0 Å². The highest BCUT2D eigenvalue weighted by atomic mass is 28.3. The number of halogens is 1. The Morgan fingerprint density at radius 1 is 1.27 bits per heavy atom. The molecule has 8 heteroatoms. The zero-order valence-electron chi connectivity index (χ0n) is 18.0. The van der Waals surface area contributed by atoms with Crippen LogP contribution in [0.4, 0.5) is 15.8 Å². The van der Waals surface area contributed by atoms with E-state index in [1.165, 1.54) is 12.3 Å². The van der Waals surface area contributed by atoms with Crippen LogP contribution in [0.1, 0.15) is 29.8 Å². The SMILES string of the molecule is CC1(C)c2ccc(NC(=O)c3ccncc3F)cc2NC1C(=O)OCC[Si](C)(C)C. The third-order valence-electron chi connectivity index (χ3n) is 5.34. The number of rotatable bonds is 6. The lowest BCUT2D eigenvalue weighted by atomic mass is 9.80. The van der Waals surface area contributed by atoms with Crippen molar-refractivity contribution in [2.75, 3.05) is 17.2 Å². The highest BCUT2D eigenvalue weighted by Gasteiger charge is 2.44. The van der Waals surface area contributed by atoms with Gasteiger partial charge in [-0.1, -0.05) is 39.6 Å². The second-order valence-corrected chi connectivity index (χ2v) is 15.0. The van der Waals surface area contributed by atoms with E-state index in [1.54, 1.807) is 12.1 Å². The number of fused-ring (bicyclic) bond motifs is 1. The topological polar surface area (TPSA) is 80.3 Å². The van der Waals surface area contributed by atoms with Crippen LogP contribution in [-0.2, 0) is 14.9 Å². The van der Waals surface area contributed by atoms with E-state index in [-0.39, 0.29) is 11.5 Å². The summed E-state index contributed by atoms with van der Waals surface area (Å²) in [7, 11) is -1.29. The van der Waals surface area contributed by atoms with Gasteiger partial charge < -0.3 is 15.4 Å². The monoisotopic (exact) mass is 429 g/mol. The van der Waals surface area contributed by atoms with E-state index in [0.717, 1.165) is 23.5 Å². The van der Waals surface area contributed by atoms with Crippen molar-refractivity contribution in [2.45, 2.75) is 51.0 Å². The minimum atomic E-state index is -1.29. The Bertz CT molecular complexity index is 972. The van der Waals surface area contributed by atoms with Gasteiger partial charge in [0.1, 0.15) is 6.04 Å². The Morgan fingerprint density at radius 3 is 2.67 bits per heavy atom. The van der Waals surface area contributed by atoms with Gasteiger partial charge in [-0.2, -0.15) is 0 Å². The average molecular weight is 430 g/mol. The maximum Gasteiger partial charge on any atom is 0.329 e. The van der Waals surface area contributed by atoms with Gasteiger partial charge >= 0.3 is 5.97 Å². The lowest BCUT2D eigenvalue weighted by molar-refractivity contribution is -0.145. The molecule has 0 bridgehead atoms. The van der Waals surface area contributed by atoms with E-state index >= 15 is 0 Å². The Hall–Kier alpha value is -2.74. The van der Waals surface area contributed by atoms with Gasteiger partial charge in [-0.15, -0.1) is 0 Å². The van der Waals surface area contributed by atoms with E-state index in [0.29, 0.717) is 12.3 Å². The molecule has 3 rings (SSSR count). The highest BCUT2D eigenvalue weighted by Crippen LogP contribution is 2.42. The molecule has 1 unspecified atom stereocenters. The minimum Gasteiger partial charge on any atom is -0.464 e. The van der Waals surface area contributed by atoms with Gasteiger partial charge in [-0.05, 0) is 29.8 Å². The predicted octanol–water partition coefficient (Wildman–Crippen LogP) is 4.43. The molecule has 0 saturated heterocycles. The molecule has 1 aliphatic rings. The number of hydrogen-bond acceptors (Lipinski definition) is 5. The van der Waals surface area contributed by atoms with Crippen molar-refractivity contribution in [1.82, 2.24) is 4.98 Å². The molecule has 0 fully saturated rings. The van der Waals surface area contributed by atoms with Gasteiger partial charge in [0.25, 0.3) is 5.91 Å². The van der Waals surface area contributed by atoms with Gasteiger partial charge in [-0.25, -0.2) is 9.18 Å². The van der Waals surface area contributed by atoms with E-state index in [2.05, 4.69) is 35.3 Å². The van der Waals surface area contributed by atoms with Gasteiger partial charge in [0.05, 0.1) is 18.4 Å². The lowest BCUT2D eigenvalue weighted by Crippen LogP contribution is -2.42. The molecule has 1 aromatic carbocycles. The molecule has 0 radical (unpaired) electrons. The number of ether oxygens (including phenoxy) is 1. The van der Waals surface area contributed by atoms with Gasteiger partial charge in [0.2, 0.25) is 0 Å². The first-order chi connectivity index (χ1) is 14.0. The van der Waals surface area contributed by atoms with Crippen molar-refractivity contribution in [2.24, 2.45) is 0 Å². The molecule has 1 aromatic heterocycles. The van der Waals surface area contributed by atoms with E-state index in [1.807, 2.05) is 19.9 Å². The third-order valence-corrected chi connectivity index (χ3v) is 7.05. The van der Waals surface area contributed by atoms with Crippen LogP contribution >= 0.6 is 0 Å². The Balaban J connectivity index is 1.72. The summed E-state index contributed by atoms with van der Waals surface area (Å²) in [5, 5.41) is 5.93.